The van der Waals surface area contributed by atoms with E-state index in [2.05, 4.69) is 31.0 Å². The molecule has 0 saturated heterocycles. The van der Waals surface area contributed by atoms with Crippen LogP contribution in [0.3, 0.4) is 0 Å². The van der Waals surface area contributed by atoms with Crippen molar-refractivity contribution < 1.29 is 12.6 Å². The van der Waals surface area contributed by atoms with E-state index in [-0.39, 0.29) is 17.3 Å². The van der Waals surface area contributed by atoms with Gasteiger partial charge < -0.3 is 5.32 Å². The summed E-state index contributed by atoms with van der Waals surface area (Å²) in [4.78, 5) is 4.08. The molecule has 1 aromatic rings. The number of nitrogens with zero attached hydrogens (tertiary/aromatic N) is 1. The predicted octanol–water partition coefficient (Wildman–Crippen LogP) is 0.933. The number of nitrogens with one attached hydrogen (secondary N) is 2. The molecule has 0 fully saturated rings. The summed E-state index contributed by atoms with van der Waals surface area (Å²) < 4.78 is 38.2. The largest absolute Gasteiger partial charge is 0.372 e. The highest BCUT2D eigenvalue weighted by Crippen LogP contribution is 2.22. The number of sulfonamides is 1. The molecule has 108 valence electrons. The van der Waals surface area contributed by atoms with Crippen molar-refractivity contribution in [2.24, 2.45) is 0 Å². The molecule has 0 saturated carbocycles. The monoisotopic (exact) mass is 369 g/mol. The maximum Gasteiger partial charge on any atom is 0.244 e. The molecule has 2 N–H and O–H groups in total. The molecule has 1 heterocycles. The molecule has 0 radical (unpaired) electrons. The lowest BCUT2D eigenvalue weighted by Gasteiger charge is -2.10. The molecule has 19 heavy (non-hydrogen) atoms. The maximum atomic E-state index is 12.1. The third-order valence-corrected chi connectivity index (χ3v) is 5.02. The highest BCUT2D eigenvalue weighted by molar-refractivity contribution is 9.10. The van der Waals surface area contributed by atoms with Gasteiger partial charge in [0.1, 0.15) is 10.7 Å². The summed E-state index contributed by atoms with van der Waals surface area (Å²) in [5, 5.41) is 2.74. The van der Waals surface area contributed by atoms with Crippen LogP contribution in [0.1, 0.15) is 6.42 Å². The number of pyridine rings is 1. The molecule has 1 unspecified atom stereocenters. The Morgan fingerprint density at radius 1 is 1.47 bits per heavy atom. The Labute approximate surface area is 124 Å². The van der Waals surface area contributed by atoms with Gasteiger partial charge in [0.25, 0.3) is 0 Å². The Morgan fingerprint density at radius 3 is 2.74 bits per heavy atom. The van der Waals surface area contributed by atoms with Gasteiger partial charge >= 0.3 is 0 Å². The molecule has 0 aliphatic carbocycles. The molecule has 0 aliphatic heterocycles. The summed E-state index contributed by atoms with van der Waals surface area (Å²) in [5.41, 5.74) is 0. The SMILES string of the molecule is CNc1ncc(Br)cc1S(=O)(=O)NCCCS(C)=O. The van der Waals surface area contributed by atoms with E-state index < -0.39 is 20.8 Å². The van der Waals surface area contributed by atoms with Crippen molar-refractivity contribution in [2.75, 3.05) is 30.9 Å². The first-order valence-electron chi connectivity index (χ1n) is 5.50. The normalized spacial score (nSPS) is 13.2. The third-order valence-electron chi connectivity index (χ3n) is 2.25. The molecule has 1 rings (SSSR count). The summed E-state index contributed by atoms with van der Waals surface area (Å²) in [6.07, 6.45) is 3.63. The van der Waals surface area contributed by atoms with Crippen LogP contribution < -0.4 is 10.0 Å². The standard InChI is InChI=1S/C10H16BrN3O3S2/c1-12-10-9(6-8(11)7-13-10)19(16,17)14-4-3-5-18(2)15/h6-7,14H,3-5H2,1-2H3,(H,12,13). The smallest absolute Gasteiger partial charge is 0.244 e. The summed E-state index contributed by atoms with van der Waals surface area (Å²) in [6, 6.07) is 1.49. The van der Waals surface area contributed by atoms with Crippen LogP contribution in [0.15, 0.2) is 21.6 Å². The first kappa shape index (κ1) is 16.5. The number of halogens is 1. The van der Waals surface area contributed by atoms with E-state index >= 15 is 0 Å². The van der Waals surface area contributed by atoms with Gasteiger partial charge in [-0.2, -0.15) is 0 Å². The first-order valence-corrected chi connectivity index (χ1v) is 9.50. The zero-order chi connectivity index (χ0) is 14.5. The van der Waals surface area contributed by atoms with E-state index in [0.29, 0.717) is 16.6 Å². The van der Waals surface area contributed by atoms with Gasteiger partial charge in [0.2, 0.25) is 10.0 Å². The Hall–Kier alpha value is -0.510. The zero-order valence-electron chi connectivity index (χ0n) is 10.6. The summed E-state index contributed by atoms with van der Waals surface area (Å²) in [6.45, 7) is 0.248. The van der Waals surface area contributed by atoms with Gasteiger partial charge in [-0.15, -0.1) is 0 Å². The number of anilines is 1. The van der Waals surface area contributed by atoms with Gasteiger partial charge in [-0.25, -0.2) is 18.1 Å². The lowest BCUT2D eigenvalue weighted by Crippen LogP contribution is -2.26. The summed E-state index contributed by atoms with van der Waals surface area (Å²) in [5.74, 6) is 0.757. The van der Waals surface area contributed by atoms with E-state index in [1.54, 1.807) is 13.3 Å². The molecule has 1 aromatic heterocycles. The molecule has 0 spiro atoms. The van der Waals surface area contributed by atoms with Gasteiger partial charge in [0.05, 0.1) is 0 Å². The van der Waals surface area contributed by atoms with E-state index in [1.807, 2.05) is 0 Å². The minimum absolute atomic E-state index is 0.0852. The zero-order valence-corrected chi connectivity index (χ0v) is 13.9. The van der Waals surface area contributed by atoms with Crippen molar-refractivity contribution in [1.82, 2.24) is 9.71 Å². The van der Waals surface area contributed by atoms with Crippen LogP contribution >= 0.6 is 15.9 Å². The quantitative estimate of drug-likeness (QED) is 0.698. The third kappa shape index (κ3) is 5.17. The van der Waals surface area contributed by atoms with Crippen LogP contribution in [0, 0.1) is 0 Å². The van der Waals surface area contributed by atoms with Gasteiger partial charge in [-0.1, -0.05) is 0 Å². The van der Waals surface area contributed by atoms with Crippen molar-refractivity contribution in [3.8, 4) is 0 Å². The minimum Gasteiger partial charge on any atom is -0.372 e. The molecular weight excluding hydrogens is 354 g/mol. The lowest BCUT2D eigenvalue weighted by atomic mass is 10.4. The highest BCUT2D eigenvalue weighted by atomic mass is 79.9. The van der Waals surface area contributed by atoms with Crippen LogP contribution in [0.2, 0.25) is 0 Å². The molecule has 1 atom stereocenters. The Balaban J connectivity index is 2.82. The minimum atomic E-state index is -3.63. The molecule has 6 nitrogen and oxygen atoms in total. The summed E-state index contributed by atoms with van der Waals surface area (Å²) in [7, 11) is -2.94. The fraction of sp³-hybridized carbons (Fsp3) is 0.500. The van der Waals surface area contributed by atoms with E-state index in [1.165, 1.54) is 12.3 Å². The van der Waals surface area contributed by atoms with Crippen molar-refractivity contribution in [1.29, 1.82) is 0 Å². The van der Waals surface area contributed by atoms with Crippen molar-refractivity contribution >= 4 is 42.6 Å². The van der Waals surface area contributed by atoms with Crippen molar-refractivity contribution in [3.63, 3.8) is 0 Å². The van der Waals surface area contributed by atoms with E-state index in [0.717, 1.165) is 0 Å². The maximum absolute atomic E-state index is 12.1. The highest BCUT2D eigenvalue weighted by Gasteiger charge is 2.19. The molecular formula is C10H16BrN3O3S2. The Bertz CT molecular complexity index is 563. The fourth-order valence-corrected chi connectivity index (χ4v) is 3.67. The second kappa shape index (κ2) is 7.32. The molecule has 0 amide bonds. The first-order chi connectivity index (χ1) is 8.86. The topological polar surface area (TPSA) is 88.2 Å². The second-order valence-electron chi connectivity index (χ2n) is 3.78. The van der Waals surface area contributed by atoms with Gasteiger partial charge in [0.15, 0.2) is 0 Å². The van der Waals surface area contributed by atoms with Gasteiger partial charge in [-0.3, -0.25) is 4.21 Å². The molecule has 0 aliphatic rings. The van der Waals surface area contributed by atoms with Crippen LogP contribution in [-0.4, -0.2) is 43.2 Å². The van der Waals surface area contributed by atoms with Crippen LogP contribution in [0.5, 0.6) is 0 Å². The number of aromatic nitrogens is 1. The Morgan fingerprint density at radius 2 is 2.16 bits per heavy atom. The van der Waals surface area contributed by atoms with Gasteiger partial charge in [0, 0.05) is 47.1 Å². The number of rotatable bonds is 7. The summed E-state index contributed by atoms with van der Waals surface area (Å²) >= 11 is 3.20. The van der Waals surface area contributed by atoms with Crippen molar-refractivity contribution in [2.45, 2.75) is 11.3 Å². The van der Waals surface area contributed by atoms with Crippen LogP contribution in [-0.2, 0) is 20.8 Å². The number of hydrogen-bond donors (Lipinski definition) is 2. The van der Waals surface area contributed by atoms with E-state index in [9.17, 15) is 12.6 Å². The Kier molecular flexibility index (Phi) is 6.37. The molecule has 0 aromatic carbocycles. The van der Waals surface area contributed by atoms with Crippen LogP contribution in [0.4, 0.5) is 5.82 Å². The number of hydrogen-bond acceptors (Lipinski definition) is 5. The predicted molar refractivity (Wildman–Crippen MR) is 80.2 cm³/mol. The molecule has 0 bridgehead atoms. The lowest BCUT2D eigenvalue weighted by molar-refractivity contribution is 0.580. The van der Waals surface area contributed by atoms with Crippen LogP contribution in [0.25, 0.3) is 0 Å². The second-order valence-corrected chi connectivity index (χ2v) is 7.98. The fourth-order valence-electron chi connectivity index (χ4n) is 1.37. The van der Waals surface area contributed by atoms with E-state index in [4.69, 9.17) is 0 Å². The average Bonchev–Trinajstić information content (AvgIpc) is 2.34. The van der Waals surface area contributed by atoms with Gasteiger partial charge in [-0.05, 0) is 28.4 Å². The average molecular weight is 370 g/mol. The molecule has 9 heteroatoms. The van der Waals surface area contributed by atoms with Crippen molar-refractivity contribution in [3.05, 3.63) is 16.7 Å².